The molecule has 13 heteroatoms. The van der Waals surface area contributed by atoms with Crippen LogP contribution in [-0.2, 0) is 30.4 Å². The number of carbonyl (C=O) groups excluding carboxylic acids is 3. The Labute approximate surface area is 212 Å². The van der Waals surface area contributed by atoms with Gasteiger partial charge < -0.3 is 42.0 Å². The van der Waals surface area contributed by atoms with Crippen molar-refractivity contribution in [2.24, 2.45) is 11.7 Å². The van der Waals surface area contributed by atoms with E-state index in [0.29, 0.717) is 12.0 Å². The van der Waals surface area contributed by atoms with Crippen LogP contribution in [-0.4, -0.2) is 80.7 Å². The van der Waals surface area contributed by atoms with Crippen LogP contribution in [0.2, 0.25) is 0 Å². The van der Waals surface area contributed by atoms with Gasteiger partial charge in [0.25, 0.3) is 0 Å². The summed E-state index contributed by atoms with van der Waals surface area (Å²) < 4.78 is 0. The number of rotatable bonds is 14. The monoisotopic (exact) mass is 519 g/mol. The van der Waals surface area contributed by atoms with E-state index >= 15 is 0 Å². The maximum atomic E-state index is 12.9. The first-order valence-electron chi connectivity index (χ1n) is 11.8. The van der Waals surface area contributed by atoms with Crippen LogP contribution in [0.4, 0.5) is 0 Å². The number of aromatic nitrogens is 1. The molecule has 0 aliphatic heterocycles. The standard InChI is InChI=1S/C24H33N5O8/c1-3-12(2)20(25)23(35)29-18(11-30)22(34)27-16(9-19(31)32)21(33)28-17(24(36)37)8-13-10-26-15-7-5-4-6-14(13)15/h4-7,10,12,16-18,20,26,30H,3,8-9,11,25H2,1-2H3,(H,27,34)(H,28,33)(H,29,35)(H,31,32)(H,36,37). The van der Waals surface area contributed by atoms with Gasteiger partial charge in [0.05, 0.1) is 19.1 Å². The van der Waals surface area contributed by atoms with Crippen molar-refractivity contribution in [3.63, 3.8) is 0 Å². The molecule has 202 valence electrons. The van der Waals surface area contributed by atoms with Crippen LogP contribution in [0.1, 0.15) is 32.3 Å². The number of carboxylic acid groups (broad SMARTS) is 2. The number of H-pyrrole nitrogens is 1. The lowest BCUT2D eigenvalue weighted by atomic mass is 9.99. The summed E-state index contributed by atoms with van der Waals surface area (Å²) in [6.07, 6.45) is 1.23. The van der Waals surface area contributed by atoms with Gasteiger partial charge in [-0.3, -0.25) is 19.2 Å². The molecule has 5 atom stereocenters. The Morgan fingerprint density at radius 2 is 1.54 bits per heavy atom. The number of nitrogens with one attached hydrogen (secondary N) is 4. The van der Waals surface area contributed by atoms with Crippen molar-refractivity contribution in [2.45, 2.75) is 57.3 Å². The Morgan fingerprint density at radius 1 is 0.946 bits per heavy atom. The summed E-state index contributed by atoms with van der Waals surface area (Å²) in [7, 11) is 0. The van der Waals surface area contributed by atoms with Crippen molar-refractivity contribution < 1.29 is 39.3 Å². The van der Waals surface area contributed by atoms with Crippen molar-refractivity contribution in [3.05, 3.63) is 36.0 Å². The van der Waals surface area contributed by atoms with Gasteiger partial charge in [0, 0.05) is 23.5 Å². The van der Waals surface area contributed by atoms with E-state index in [-0.39, 0.29) is 12.3 Å². The van der Waals surface area contributed by atoms with Crippen LogP contribution in [0, 0.1) is 5.92 Å². The molecule has 0 bridgehead atoms. The first kappa shape index (κ1) is 29.3. The van der Waals surface area contributed by atoms with E-state index in [9.17, 15) is 39.3 Å². The fourth-order valence-electron chi connectivity index (χ4n) is 3.62. The lowest BCUT2D eigenvalue weighted by Gasteiger charge is -2.24. The zero-order valence-electron chi connectivity index (χ0n) is 20.6. The van der Waals surface area contributed by atoms with Crippen LogP contribution in [0.15, 0.2) is 30.5 Å². The molecule has 37 heavy (non-hydrogen) atoms. The van der Waals surface area contributed by atoms with Gasteiger partial charge in [-0.05, 0) is 17.5 Å². The molecule has 0 aliphatic rings. The summed E-state index contributed by atoms with van der Waals surface area (Å²) >= 11 is 0. The van der Waals surface area contributed by atoms with E-state index in [0.717, 1.165) is 10.9 Å². The normalized spacial score (nSPS) is 15.1. The minimum absolute atomic E-state index is 0.109. The maximum absolute atomic E-state index is 12.9. The topological polar surface area (TPSA) is 224 Å². The molecule has 0 saturated carbocycles. The lowest BCUT2D eigenvalue weighted by molar-refractivity contribution is -0.143. The summed E-state index contributed by atoms with van der Waals surface area (Å²) in [4.78, 5) is 64.1. The molecule has 1 aromatic carbocycles. The summed E-state index contributed by atoms with van der Waals surface area (Å²) in [5, 5.41) is 36.0. The third kappa shape index (κ3) is 8.02. The van der Waals surface area contributed by atoms with Gasteiger partial charge in [-0.25, -0.2) is 4.79 Å². The second-order valence-corrected chi connectivity index (χ2v) is 8.78. The molecule has 0 aliphatic carbocycles. The Balaban J connectivity index is 2.13. The average Bonchev–Trinajstić information content (AvgIpc) is 3.27. The number of hydrogen-bond acceptors (Lipinski definition) is 7. The summed E-state index contributed by atoms with van der Waals surface area (Å²) in [5.74, 6) is -5.80. The fraction of sp³-hybridized carbons (Fsp3) is 0.458. The highest BCUT2D eigenvalue weighted by atomic mass is 16.4. The van der Waals surface area contributed by atoms with Crippen molar-refractivity contribution >= 4 is 40.6 Å². The maximum Gasteiger partial charge on any atom is 0.326 e. The van der Waals surface area contributed by atoms with Gasteiger partial charge in [-0.15, -0.1) is 0 Å². The number of aliphatic hydroxyl groups is 1. The van der Waals surface area contributed by atoms with E-state index in [1.165, 1.54) is 0 Å². The Kier molecular flexibility index (Phi) is 10.6. The summed E-state index contributed by atoms with van der Waals surface area (Å²) in [6.45, 7) is 2.72. The zero-order chi connectivity index (χ0) is 27.7. The van der Waals surface area contributed by atoms with E-state index < -0.39 is 66.9 Å². The number of benzene rings is 1. The second-order valence-electron chi connectivity index (χ2n) is 8.78. The smallest absolute Gasteiger partial charge is 0.326 e. The molecular formula is C24H33N5O8. The summed E-state index contributed by atoms with van der Waals surface area (Å²) in [5.41, 5.74) is 7.22. The minimum Gasteiger partial charge on any atom is -0.481 e. The second kappa shape index (κ2) is 13.4. The SMILES string of the molecule is CCC(C)C(N)C(=O)NC(CO)C(=O)NC(CC(=O)O)C(=O)NC(Cc1c[nH]c2ccccc12)C(=O)O. The molecule has 9 N–H and O–H groups in total. The molecule has 5 unspecified atom stereocenters. The van der Waals surface area contributed by atoms with Crippen LogP contribution in [0.5, 0.6) is 0 Å². The molecule has 0 spiro atoms. The number of carboxylic acids is 2. The molecule has 2 aromatic rings. The van der Waals surface area contributed by atoms with Crippen LogP contribution < -0.4 is 21.7 Å². The molecule has 0 saturated heterocycles. The summed E-state index contributed by atoms with van der Waals surface area (Å²) in [6, 6.07) is 1.60. The fourth-order valence-corrected chi connectivity index (χ4v) is 3.62. The molecule has 3 amide bonds. The number of aliphatic hydroxyl groups excluding tert-OH is 1. The highest BCUT2D eigenvalue weighted by molar-refractivity contribution is 5.96. The van der Waals surface area contributed by atoms with Gasteiger partial charge in [0.15, 0.2) is 0 Å². The zero-order valence-corrected chi connectivity index (χ0v) is 20.6. The highest BCUT2D eigenvalue weighted by Gasteiger charge is 2.32. The van der Waals surface area contributed by atoms with Crippen LogP contribution >= 0.6 is 0 Å². The predicted molar refractivity (Wildman–Crippen MR) is 132 cm³/mol. The van der Waals surface area contributed by atoms with Crippen molar-refractivity contribution in [3.8, 4) is 0 Å². The number of aliphatic carboxylic acids is 2. The quantitative estimate of drug-likeness (QED) is 0.154. The predicted octanol–water partition coefficient (Wildman–Crippen LogP) is -0.910. The van der Waals surface area contributed by atoms with Gasteiger partial charge in [-0.2, -0.15) is 0 Å². The third-order valence-corrected chi connectivity index (χ3v) is 6.10. The number of hydrogen-bond donors (Lipinski definition) is 8. The first-order valence-corrected chi connectivity index (χ1v) is 11.8. The number of amides is 3. The van der Waals surface area contributed by atoms with Gasteiger partial charge in [0.1, 0.15) is 18.1 Å². The molecule has 13 nitrogen and oxygen atoms in total. The van der Waals surface area contributed by atoms with Crippen molar-refractivity contribution in [1.82, 2.24) is 20.9 Å². The number of aromatic amines is 1. The van der Waals surface area contributed by atoms with Crippen LogP contribution in [0.3, 0.4) is 0 Å². The van der Waals surface area contributed by atoms with E-state index in [4.69, 9.17) is 5.73 Å². The minimum atomic E-state index is -1.68. The van der Waals surface area contributed by atoms with Crippen molar-refractivity contribution in [1.29, 1.82) is 0 Å². The third-order valence-electron chi connectivity index (χ3n) is 6.10. The van der Waals surface area contributed by atoms with E-state index in [1.54, 1.807) is 37.4 Å². The molecule has 2 rings (SSSR count). The molecule has 0 fully saturated rings. The van der Waals surface area contributed by atoms with E-state index in [1.807, 2.05) is 6.92 Å². The molecule has 0 radical (unpaired) electrons. The number of fused-ring (bicyclic) bond motifs is 1. The van der Waals surface area contributed by atoms with E-state index in [2.05, 4.69) is 20.9 Å². The Hall–Kier alpha value is -3.97. The van der Waals surface area contributed by atoms with Crippen molar-refractivity contribution in [2.75, 3.05) is 6.61 Å². The van der Waals surface area contributed by atoms with Gasteiger partial charge in [0.2, 0.25) is 17.7 Å². The Morgan fingerprint density at radius 3 is 2.14 bits per heavy atom. The largest absolute Gasteiger partial charge is 0.481 e. The van der Waals surface area contributed by atoms with Gasteiger partial charge in [-0.1, -0.05) is 38.5 Å². The average molecular weight is 520 g/mol. The lowest BCUT2D eigenvalue weighted by Crippen LogP contribution is -2.59. The number of para-hydroxylation sites is 1. The Bertz CT molecular complexity index is 1130. The molecular weight excluding hydrogens is 486 g/mol. The molecule has 1 heterocycles. The molecule has 1 aromatic heterocycles. The number of nitrogens with two attached hydrogens (primary N) is 1. The highest BCUT2D eigenvalue weighted by Crippen LogP contribution is 2.19. The first-order chi connectivity index (χ1) is 17.5. The van der Waals surface area contributed by atoms with Crippen LogP contribution in [0.25, 0.3) is 10.9 Å². The van der Waals surface area contributed by atoms with Gasteiger partial charge >= 0.3 is 11.9 Å². The number of carbonyl (C=O) groups is 5.